The largest absolute Gasteiger partial charge is 0.381 e. The van der Waals surface area contributed by atoms with Gasteiger partial charge < -0.3 is 9.64 Å². The van der Waals surface area contributed by atoms with Gasteiger partial charge in [-0.15, -0.1) is 0 Å². The van der Waals surface area contributed by atoms with E-state index in [4.69, 9.17) is 4.74 Å². The van der Waals surface area contributed by atoms with Crippen LogP contribution in [-0.2, 0) is 26.0 Å². The molecule has 184 valence electrons. The summed E-state index contributed by atoms with van der Waals surface area (Å²) in [6.45, 7) is -0.339. The number of hydrogen-bond donors (Lipinski definition) is 1. The highest BCUT2D eigenvalue weighted by Crippen LogP contribution is 2.55. The van der Waals surface area contributed by atoms with E-state index >= 15 is 4.39 Å². The maximum atomic E-state index is 15.6. The van der Waals surface area contributed by atoms with Gasteiger partial charge in [0.15, 0.2) is 0 Å². The topological polar surface area (TPSA) is 75.7 Å². The Kier molecular flexibility index (Phi) is 7.02. The zero-order valence-electron chi connectivity index (χ0n) is 18.7. The maximum absolute atomic E-state index is 15.6. The van der Waals surface area contributed by atoms with Crippen molar-refractivity contribution in [2.45, 2.75) is 37.5 Å². The minimum Gasteiger partial charge on any atom is -0.381 e. The molecule has 1 heterocycles. The summed E-state index contributed by atoms with van der Waals surface area (Å²) in [5, 5.41) is 0. The Balaban J connectivity index is 1.71. The molecule has 1 aliphatic heterocycles. The van der Waals surface area contributed by atoms with Crippen LogP contribution < -0.4 is 4.72 Å². The van der Waals surface area contributed by atoms with Gasteiger partial charge in [-0.05, 0) is 30.4 Å². The average molecular weight is 497 g/mol. The van der Waals surface area contributed by atoms with E-state index in [0.717, 1.165) is 0 Å². The van der Waals surface area contributed by atoms with E-state index < -0.39 is 58.0 Å². The molecule has 2 aromatic carbocycles. The molecule has 10 heteroatoms. The predicted octanol–water partition coefficient (Wildman–Crippen LogP) is 3.23. The van der Waals surface area contributed by atoms with Crippen molar-refractivity contribution in [2.75, 3.05) is 26.3 Å². The summed E-state index contributed by atoms with van der Waals surface area (Å²) in [5.74, 6) is -1.35. The average Bonchev–Trinajstić information content (AvgIpc) is 3.56. The van der Waals surface area contributed by atoms with E-state index in [1.807, 2.05) is 6.07 Å². The summed E-state index contributed by atoms with van der Waals surface area (Å²) in [6.07, 6.45) is -0.805. The minimum atomic E-state index is -4.27. The normalized spacial score (nSPS) is 22.2. The number of nitrogens with one attached hydrogen (secondary N) is 1. The van der Waals surface area contributed by atoms with Gasteiger partial charge in [-0.2, -0.15) is 0 Å². The van der Waals surface area contributed by atoms with Crippen molar-refractivity contribution in [2.24, 2.45) is 5.41 Å². The fraction of sp³-hybridized carbons (Fsp3) is 0.458. The molecule has 34 heavy (non-hydrogen) atoms. The molecule has 0 radical (unpaired) electrons. The number of nitrogens with zero attached hydrogens (tertiary/aromatic N) is 1. The van der Waals surface area contributed by atoms with Gasteiger partial charge in [-0.1, -0.05) is 48.5 Å². The zero-order chi connectivity index (χ0) is 24.5. The Morgan fingerprint density at radius 2 is 1.91 bits per heavy atom. The number of carbonyl (C=O) groups is 1. The van der Waals surface area contributed by atoms with Crippen LogP contribution in [0.2, 0.25) is 0 Å². The fourth-order valence-corrected chi connectivity index (χ4v) is 5.73. The van der Waals surface area contributed by atoms with Gasteiger partial charge in [-0.3, -0.25) is 4.79 Å². The molecule has 6 nitrogen and oxygen atoms in total. The highest BCUT2D eigenvalue weighted by Gasteiger charge is 2.61. The first-order chi connectivity index (χ1) is 16.2. The molecule has 0 aromatic heterocycles. The molecule has 0 bridgehead atoms. The number of carbonyl (C=O) groups excluding carboxylic acids is 1. The molecule has 1 aliphatic carbocycles. The molecule has 1 spiro atoms. The smallest absolute Gasteiger partial charge is 0.259 e. The van der Waals surface area contributed by atoms with Gasteiger partial charge in [0.05, 0.1) is 12.6 Å². The predicted molar refractivity (Wildman–Crippen MR) is 121 cm³/mol. The Morgan fingerprint density at radius 3 is 2.53 bits per heavy atom. The van der Waals surface area contributed by atoms with E-state index in [2.05, 4.69) is 4.72 Å². The van der Waals surface area contributed by atoms with Gasteiger partial charge in [0, 0.05) is 30.7 Å². The number of benzene rings is 2. The number of sulfonamides is 1. The number of ether oxygens (including phenoxy) is 1. The van der Waals surface area contributed by atoms with Gasteiger partial charge in [-0.25, -0.2) is 26.3 Å². The van der Waals surface area contributed by atoms with Crippen molar-refractivity contribution in [1.29, 1.82) is 0 Å². The number of hydrogen-bond acceptors (Lipinski definition) is 4. The van der Waals surface area contributed by atoms with Crippen LogP contribution in [0.4, 0.5) is 13.2 Å². The van der Waals surface area contributed by atoms with Crippen LogP contribution in [0.25, 0.3) is 11.1 Å². The quantitative estimate of drug-likeness (QED) is 0.579. The van der Waals surface area contributed by atoms with Crippen LogP contribution in [0.3, 0.4) is 0 Å². The Morgan fingerprint density at radius 1 is 1.21 bits per heavy atom. The third kappa shape index (κ3) is 4.85. The summed E-state index contributed by atoms with van der Waals surface area (Å²) < 4.78 is 74.7. The summed E-state index contributed by atoms with van der Waals surface area (Å²) in [5.41, 5.74) is 0.661. The van der Waals surface area contributed by atoms with E-state index in [9.17, 15) is 22.0 Å². The summed E-state index contributed by atoms with van der Waals surface area (Å²) in [7, 11) is -3.00. The summed E-state index contributed by atoms with van der Waals surface area (Å²) in [4.78, 5) is 14.2. The third-order valence-electron chi connectivity index (χ3n) is 6.73. The second-order valence-corrected chi connectivity index (χ2v) is 10.7. The van der Waals surface area contributed by atoms with Crippen molar-refractivity contribution >= 4 is 15.9 Å². The molecule has 3 atom stereocenters. The Bertz CT molecular complexity index is 1140. The first-order valence-electron chi connectivity index (χ1n) is 11.0. The Labute approximate surface area is 197 Å². The van der Waals surface area contributed by atoms with Gasteiger partial charge >= 0.3 is 0 Å². The first-order valence-corrected chi connectivity index (χ1v) is 12.7. The van der Waals surface area contributed by atoms with Gasteiger partial charge in [0.2, 0.25) is 22.2 Å². The van der Waals surface area contributed by atoms with Crippen molar-refractivity contribution < 1.29 is 31.1 Å². The molecular formula is C24H27F3N2O4S. The molecule has 0 unspecified atom stereocenters. The SMILES string of the molecule is COC[C@H](F)C(=O)N1CC2(CC2)[C@H](NS(=O)(=O)CF)[C@@H]1Cc1cccc(-c2ccccc2)c1F. The highest BCUT2D eigenvalue weighted by atomic mass is 32.2. The number of methoxy groups -OCH3 is 1. The standard InChI is InChI=1S/C24H27F3N2O4S/c1-33-13-19(26)23(30)29-14-24(10-11-24)22(28-34(31,32)15-25)20(29)12-17-8-5-9-18(21(17)27)16-6-3-2-4-7-16/h2-9,19-20,22,28H,10-15H2,1H3/t19-,20-,22+/m0/s1. The zero-order valence-corrected chi connectivity index (χ0v) is 19.5. The second-order valence-electron chi connectivity index (χ2n) is 8.99. The van der Waals surface area contributed by atoms with Crippen LogP contribution in [0, 0.1) is 11.2 Å². The van der Waals surface area contributed by atoms with Crippen LogP contribution >= 0.6 is 0 Å². The molecule has 1 saturated heterocycles. The monoisotopic (exact) mass is 496 g/mol. The third-order valence-corrected chi connectivity index (χ3v) is 7.63. The number of alkyl halides is 2. The lowest BCUT2D eigenvalue weighted by Gasteiger charge is -2.30. The molecule has 2 aliphatic rings. The number of likely N-dealkylation sites (tertiary alicyclic amines) is 1. The molecule has 1 saturated carbocycles. The van der Waals surface area contributed by atoms with Crippen LogP contribution in [0.1, 0.15) is 18.4 Å². The number of amides is 1. The van der Waals surface area contributed by atoms with E-state index in [-0.39, 0.29) is 18.5 Å². The fourth-order valence-electron chi connectivity index (χ4n) is 4.87. The van der Waals surface area contributed by atoms with Crippen LogP contribution in [-0.4, -0.2) is 63.7 Å². The first kappa shape index (κ1) is 24.7. The van der Waals surface area contributed by atoms with E-state index in [0.29, 0.717) is 24.0 Å². The van der Waals surface area contributed by atoms with Crippen molar-refractivity contribution in [3.8, 4) is 11.1 Å². The van der Waals surface area contributed by atoms with Crippen LogP contribution in [0.5, 0.6) is 0 Å². The molecule has 1 amide bonds. The molecule has 2 aromatic rings. The lowest BCUT2D eigenvalue weighted by Crippen LogP contribution is -2.51. The second kappa shape index (κ2) is 9.67. The summed E-state index contributed by atoms with van der Waals surface area (Å²) >= 11 is 0. The minimum absolute atomic E-state index is 0.0564. The lowest BCUT2D eigenvalue weighted by molar-refractivity contribution is -0.139. The maximum Gasteiger partial charge on any atom is 0.259 e. The van der Waals surface area contributed by atoms with Crippen LogP contribution in [0.15, 0.2) is 48.5 Å². The lowest BCUT2D eigenvalue weighted by atomic mass is 9.91. The molecule has 1 N–H and O–H groups in total. The molecular weight excluding hydrogens is 469 g/mol. The van der Waals surface area contributed by atoms with Crippen molar-refractivity contribution in [3.63, 3.8) is 0 Å². The van der Waals surface area contributed by atoms with Gasteiger partial charge in [0.25, 0.3) is 5.91 Å². The van der Waals surface area contributed by atoms with E-state index in [1.165, 1.54) is 12.0 Å². The van der Waals surface area contributed by atoms with Crippen molar-refractivity contribution in [1.82, 2.24) is 9.62 Å². The molecule has 2 fully saturated rings. The molecule has 4 rings (SSSR count). The van der Waals surface area contributed by atoms with E-state index in [1.54, 1.807) is 42.5 Å². The highest BCUT2D eigenvalue weighted by molar-refractivity contribution is 7.89. The number of rotatable bonds is 9. The van der Waals surface area contributed by atoms with Gasteiger partial charge in [0.1, 0.15) is 5.82 Å². The Hall–Kier alpha value is -2.43. The van der Waals surface area contributed by atoms with Crippen molar-refractivity contribution in [3.05, 3.63) is 59.9 Å². The summed E-state index contributed by atoms with van der Waals surface area (Å²) in [6, 6.07) is 10.4. The number of halogens is 3.